The van der Waals surface area contributed by atoms with E-state index in [9.17, 15) is 22.4 Å². The second-order valence-electron chi connectivity index (χ2n) is 7.37. The Kier molecular flexibility index (Phi) is 5.67. The van der Waals surface area contributed by atoms with E-state index < -0.39 is 21.9 Å². The Bertz CT molecular complexity index is 1130. The Morgan fingerprint density at radius 3 is 2.58 bits per heavy atom. The number of anilines is 1. The van der Waals surface area contributed by atoms with Gasteiger partial charge in [-0.1, -0.05) is 13.0 Å². The number of ether oxygens (including phenoxy) is 1. The number of nitrogens with one attached hydrogen (secondary N) is 1. The van der Waals surface area contributed by atoms with Crippen LogP contribution in [0.2, 0.25) is 0 Å². The highest BCUT2D eigenvalue weighted by Crippen LogP contribution is 2.33. The number of halogens is 1. The van der Waals surface area contributed by atoms with Crippen LogP contribution < -0.4 is 10.1 Å². The van der Waals surface area contributed by atoms with Gasteiger partial charge < -0.3 is 15.0 Å². The SMILES string of the molecule is CCC1Oc2ccc(S(=O)(=O)N3CCN(C(=O)c4cccc(F)c4)CC3)cc2NC1=O. The first-order valence-electron chi connectivity index (χ1n) is 9.96. The largest absolute Gasteiger partial charge is 0.478 e. The third-order valence-corrected chi connectivity index (χ3v) is 7.27. The van der Waals surface area contributed by atoms with Crippen molar-refractivity contribution in [3.8, 4) is 5.75 Å². The summed E-state index contributed by atoms with van der Waals surface area (Å²) in [5, 5.41) is 2.69. The summed E-state index contributed by atoms with van der Waals surface area (Å²) in [6.07, 6.45) is -0.0945. The van der Waals surface area contributed by atoms with Crippen LogP contribution in [0, 0.1) is 5.82 Å². The summed E-state index contributed by atoms with van der Waals surface area (Å²) in [4.78, 5) is 26.1. The van der Waals surface area contributed by atoms with E-state index in [0.717, 1.165) is 6.07 Å². The van der Waals surface area contributed by atoms with Gasteiger partial charge in [-0.25, -0.2) is 12.8 Å². The lowest BCUT2D eigenvalue weighted by Crippen LogP contribution is -2.50. The smallest absolute Gasteiger partial charge is 0.265 e. The summed E-state index contributed by atoms with van der Waals surface area (Å²) >= 11 is 0. The molecule has 4 rings (SSSR count). The Balaban J connectivity index is 1.47. The van der Waals surface area contributed by atoms with Gasteiger partial charge in [-0.2, -0.15) is 4.31 Å². The van der Waals surface area contributed by atoms with E-state index in [-0.39, 0.29) is 48.5 Å². The summed E-state index contributed by atoms with van der Waals surface area (Å²) in [6.45, 7) is 2.43. The van der Waals surface area contributed by atoms with E-state index in [0.29, 0.717) is 17.9 Å². The van der Waals surface area contributed by atoms with Gasteiger partial charge in [0.1, 0.15) is 11.6 Å². The molecule has 1 N–H and O–H groups in total. The molecule has 0 saturated carbocycles. The molecule has 1 fully saturated rings. The summed E-state index contributed by atoms with van der Waals surface area (Å²) in [6, 6.07) is 9.79. The van der Waals surface area contributed by atoms with Gasteiger partial charge in [-0.15, -0.1) is 0 Å². The summed E-state index contributed by atoms with van der Waals surface area (Å²) in [5.41, 5.74) is 0.544. The van der Waals surface area contributed by atoms with E-state index in [1.807, 2.05) is 6.92 Å². The van der Waals surface area contributed by atoms with Gasteiger partial charge >= 0.3 is 0 Å². The van der Waals surface area contributed by atoms with Crippen molar-refractivity contribution in [2.24, 2.45) is 0 Å². The molecule has 8 nitrogen and oxygen atoms in total. The molecule has 2 aromatic carbocycles. The van der Waals surface area contributed by atoms with Crippen LogP contribution in [-0.2, 0) is 14.8 Å². The predicted molar refractivity (Wildman–Crippen MR) is 111 cm³/mol. The highest BCUT2D eigenvalue weighted by atomic mass is 32.2. The van der Waals surface area contributed by atoms with Crippen LogP contribution in [0.5, 0.6) is 5.75 Å². The van der Waals surface area contributed by atoms with Gasteiger partial charge in [0.2, 0.25) is 10.0 Å². The summed E-state index contributed by atoms with van der Waals surface area (Å²) < 4.78 is 46.5. The van der Waals surface area contributed by atoms with Gasteiger partial charge in [-0.05, 0) is 42.8 Å². The molecule has 0 aliphatic carbocycles. The van der Waals surface area contributed by atoms with Gasteiger partial charge in [-0.3, -0.25) is 9.59 Å². The van der Waals surface area contributed by atoms with E-state index in [4.69, 9.17) is 4.74 Å². The molecule has 31 heavy (non-hydrogen) atoms. The Labute approximate surface area is 179 Å². The van der Waals surface area contributed by atoms with Crippen LogP contribution in [0.25, 0.3) is 0 Å². The second-order valence-corrected chi connectivity index (χ2v) is 9.31. The van der Waals surface area contributed by atoms with Crippen molar-refractivity contribution in [3.63, 3.8) is 0 Å². The molecule has 0 bridgehead atoms. The first-order chi connectivity index (χ1) is 14.8. The first kappa shape index (κ1) is 21.3. The number of nitrogens with zero attached hydrogens (tertiary/aromatic N) is 2. The number of hydrogen-bond donors (Lipinski definition) is 1. The predicted octanol–water partition coefficient (Wildman–Crippen LogP) is 2.08. The van der Waals surface area contributed by atoms with Gasteiger partial charge in [0.05, 0.1) is 10.6 Å². The molecule has 2 aliphatic heterocycles. The molecule has 2 aromatic rings. The summed E-state index contributed by atoms with van der Waals surface area (Å²) in [5.74, 6) is -0.721. The second kappa shape index (κ2) is 8.27. The minimum Gasteiger partial charge on any atom is -0.478 e. The molecule has 2 aliphatic rings. The van der Waals surface area contributed by atoms with Crippen LogP contribution in [0.3, 0.4) is 0 Å². The van der Waals surface area contributed by atoms with Crippen LogP contribution in [0.1, 0.15) is 23.7 Å². The van der Waals surface area contributed by atoms with Crippen LogP contribution in [0.15, 0.2) is 47.4 Å². The third-order valence-electron chi connectivity index (χ3n) is 5.38. The van der Waals surface area contributed by atoms with Crippen LogP contribution >= 0.6 is 0 Å². The number of benzene rings is 2. The molecule has 1 saturated heterocycles. The molecule has 2 heterocycles. The number of amides is 2. The normalized spacial score (nSPS) is 19.4. The lowest BCUT2D eigenvalue weighted by molar-refractivity contribution is -0.123. The fourth-order valence-corrected chi connectivity index (χ4v) is 5.09. The lowest BCUT2D eigenvalue weighted by atomic mass is 10.2. The van der Waals surface area contributed by atoms with E-state index in [1.54, 1.807) is 0 Å². The fourth-order valence-electron chi connectivity index (χ4n) is 3.64. The number of fused-ring (bicyclic) bond motifs is 1. The molecule has 0 radical (unpaired) electrons. The number of carbonyl (C=O) groups is 2. The van der Waals surface area contributed by atoms with Crippen LogP contribution in [-0.4, -0.2) is 61.7 Å². The molecule has 164 valence electrons. The van der Waals surface area contributed by atoms with Crippen molar-refractivity contribution in [2.45, 2.75) is 24.3 Å². The molecule has 0 aromatic heterocycles. The summed E-state index contributed by atoms with van der Waals surface area (Å²) in [7, 11) is -3.82. The standard InChI is InChI=1S/C21H22FN3O5S/c1-2-18-20(26)23-17-13-16(6-7-19(17)30-18)31(28,29)25-10-8-24(9-11-25)21(27)14-4-3-5-15(22)12-14/h3-7,12-13,18H,2,8-11H2,1H3,(H,23,26). The quantitative estimate of drug-likeness (QED) is 0.774. The highest BCUT2D eigenvalue weighted by Gasteiger charge is 2.32. The average molecular weight is 447 g/mol. The maximum absolute atomic E-state index is 13.4. The van der Waals surface area contributed by atoms with E-state index in [2.05, 4.69) is 5.32 Å². The van der Waals surface area contributed by atoms with Crippen molar-refractivity contribution in [1.82, 2.24) is 9.21 Å². The van der Waals surface area contributed by atoms with Gasteiger partial charge in [0.25, 0.3) is 11.8 Å². The molecule has 10 heteroatoms. The Morgan fingerprint density at radius 1 is 1.16 bits per heavy atom. The fraction of sp³-hybridized carbons (Fsp3) is 0.333. The zero-order valence-corrected chi connectivity index (χ0v) is 17.7. The Morgan fingerprint density at radius 2 is 1.90 bits per heavy atom. The average Bonchev–Trinajstić information content (AvgIpc) is 2.77. The number of hydrogen-bond acceptors (Lipinski definition) is 5. The zero-order valence-electron chi connectivity index (χ0n) is 16.9. The number of carbonyl (C=O) groups excluding carboxylic acids is 2. The van der Waals surface area contributed by atoms with Crippen molar-refractivity contribution in [1.29, 1.82) is 0 Å². The van der Waals surface area contributed by atoms with E-state index in [1.165, 1.54) is 45.6 Å². The zero-order chi connectivity index (χ0) is 22.2. The first-order valence-corrected chi connectivity index (χ1v) is 11.4. The lowest BCUT2D eigenvalue weighted by Gasteiger charge is -2.34. The molecule has 0 spiro atoms. The minimum atomic E-state index is -3.82. The topological polar surface area (TPSA) is 96.0 Å². The van der Waals surface area contributed by atoms with Crippen LogP contribution in [0.4, 0.5) is 10.1 Å². The molecular formula is C21H22FN3O5S. The third kappa shape index (κ3) is 4.13. The van der Waals surface area contributed by atoms with E-state index >= 15 is 0 Å². The van der Waals surface area contributed by atoms with Crippen molar-refractivity contribution in [3.05, 3.63) is 53.8 Å². The van der Waals surface area contributed by atoms with Crippen molar-refractivity contribution in [2.75, 3.05) is 31.5 Å². The molecular weight excluding hydrogens is 425 g/mol. The monoisotopic (exact) mass is 447 g/mol. The van der Waals surface area contributed by atoms with Gasteiger partial charge in [0.15, 0.2) is 6.10 Å². The minimum absolute atomic E-state index is 0.0370. The maximum atomic E-state index is 13.4. The number of sulfonamides is 1. The number of rotatable bonds is 4. The molecule has 1 unspecified atom stereocenters. The van der Waals surface area contributed by atoms with Crippen molar-refractivity contribution < 1.29 is 27.1 Å². The maximum Gasteiger partial charge on any atom is 0.265 e. The molecule has 1 atom stereocenters. The molecule has 2 amide bonds. The van der Waals surface area contributed by atoms with Gasteiger partial charge in [0, 0.05) is 31.7 Å². The number of piperazine rings is 1. The van der Waals surface area contributed by atoms with Crippen molar-refractivity contribution >= 4 is 27.5 Å². The highest BCUT2D eigenvalue weighted by molar-refractivity contribution is 7.89. The Hall–Kier alpha value is -2.98.